The largest absolute Gasteiger partial charge is 0.452 e. The van der Waals surface area contributed by atoms with Crippen LogP contribution in [0.1, 0.15) is 51.8 Å². The Bertz CT molecular complexity index is 858. The summed E-state index contributed by atoms with van der Waals surface area (Å²) in [6, 6.07) is 6.03. The van der Waals surface area contributed by atoms with E-state index in [1.54, 1.807) is 6.07 Å². The van der Waals surface area contributed by atoms with Gasteiger partial charge in [0.25, 0.3) is 5.91 Å². The van der Waals surface area contributed by atoms with E-state index >= 15 is 0 Å². The van der Waals surface area contributed by atoms with Crippen LogP contribution in [-0.4, -0.2) is 23.1 Å². The van der Waals surface area contributed by atoms with Crippen LogP contribution in [-0.2, 0) is 9.53 Å². The summed E-state index contributed by atoms with van der Waals surface area (Å²) in [4.78, 5) is 24.5. The Morgan fingerprint density at radius 1 is 1.19 bits per heavy atom. The number of hydrogen-bond donors (Lipinski definition) is 1. The van der Waals surface area contributed by atoms with E-state index in [4.69, 9.17) is 16.3 Å². The summed E-state index contributed by atoms with van der Waals surface area (Å²) in [6.07, 6.45) is 2.29. The minimum atomic E-state index is -0.480. The van der Waals surface area contributed by atoms with Gasteiger partial charge in [0.15, 0.2) is 6.61 Å². The number of ether oxygens (including phenoxy) is 1. The van der Waals surface area contributed by atoms with Crippen molar-refractivity contribution in [2.24, 2.45) is 0 Å². The van der Waals surface area contributed by atoms with Crippen molar-refractivity contribution in [2.75, 3.05) is 11.9 Å². The van der Waals surface area contributed by atoms with Crippen LogP contribution < -0.4 is 5.32 Å². The van der Waals surface area contributed by atoms with E-state index in [0.717, 1.165) is 35.4 Å². The maximum Gasteiger partial charge on any atom is 0.340 e. The van der Waals surface area contributed by atoms with Crippen LogP contribution in [0.5, 0.6) is 0 Å². The fourth-order valence-electron chi connectivity index (χ4n) is 3.34. The third kappa shape index (κ3) is 3.78. The molecule has 0 atom stereocenters. The van der Waals surface area contributed by atoms with Gasteiger partial charge in [-0.05, 0) is 63.8 Å². The number of rotatable bonds is 5. The van der Waals surface area contributed by atoms with Crippen molar-refractivity contribution in [3.8, 4) is 0 Å². The Kier molecular flexibility index (Phi) is 5.10. The number of carbonyl (C=O) groups excluding carboxylic acids is 2. The van der Waals surface area contributed by atoms with Crippen LogP contribution in [0, 0.1) is 27.7 Å². The second-order valence-electron chi connectivity index (χ2n) is 6.95. The Balaban J connectivity index is 1.63. The molecule has 0 saturated heterocycles. The van der Waals surface area contributed by atoms with Gasteiger partial charge in [0.1, 0.15) is 0 Å². The summed E-state index contributed by atoms with van der Waals surface area (Å²) in [6.45, 7) is 7.35. The van der Waals surface area contributed by atoms with Gasteiger partial charge in [0, 0.05) is 17.4 Å². The number of carbonyl (C=O) groups is 2. The number of aromatic nitrogens is 1. The van der Waals surface area contributed by atoms with Gasteiger partial charge in [-0.1, -0.05) is 17.7 Å². The summed E-state index contributed by atoms with van der Waals surface area (Å²) in [5, 5.41) is 3.19. The number of anilines is 1. The molecule has 1 saturated carbocycles. The van der Waals surface area contributed by atoms with Gasteiger partial charge in [0.05, 0.1) is 16.3 Å². The lowest BCUT2D eigenvalue weighted by molar-refractivity contribution is -0.119. The standard InChI is InChI=1S/C20H23ClN2O3/c1-11-7-12(2)19(17(21)8-11)22-18(24)10-26-20(25)16-9-13(3)23(14(16)4)15-5-6-15/h7-9,15H,5-6,10H2,1-4H3,(H,22,24). The second kappa shape index (κ2) is 7.16. The zero-order valence-electron chi connectivity index (χ0n) is 15.5. The molecule has 0 aliphatic heterocycles. The Hall–Kier alpha value is -2.27. The molecule has 0 unspecified atom stereocenters. The highest BCUT2D eigenvalue weighted by molar-refractivity contribution is 6.34. The number of hydrogen-bond acceptors (Lipinski definition) is 3. The smallest absolute Gasteiger partial charge is 0.340 e. The van der Waals surface area contributed by atoms with E-state index in [9.17, 15) is 9.59 Å². The van der Waals surface area contributed by atoms with E-state index in [2.05, 4.69) is 9.88 Å². The van der Waals surface area contributed by atoms with Gasteiger partial charge < -0.3 is 14.6 Å². The van der Waals surface area contributed by atoms with E-state index in [1.165, 1.54) is 0 Å². The van der Waals surface area contributed by atoms with Crippen molar-refractivity contribution in [1.29, 1.82) is 0 Å². The zero-order valence-corrected chi connectivity index (χ0v) is 16.2. The number of nitrogens with zero attached hydrogens (tertiary/aromatic N) is 1. The number of amides is 1. The summed E-state index contributed by atoms with van der Waals surface area (Å²) >= 11 is 6.19. The first-order chi connectivity index (χ1) is 12.3. The van der Waals surface area contributed by atoms with Gasteiger partial charge in [-0.3, -0.25) is 4.79 Å². The highest BCUT2D eigenvalue weighted by Gasteiger charge is 2.28. The molecule has 1 heterocycles. The van der Waals surface area contributed by atoms with E-state index in [-0.39, 0.29) is 6.61 Å². The van der Waals surface area contributed by atoms with Crippen molar-refractivity contribution in [2.45, 2.75) is 46.6 Å². The molecule has 3 rings (SSSR count). The van der Waals surface area contributed by atoms with Crippen molar-refractivity contribution in [3.05, 3.63) is 51.3 Å². The number of halogens is 1. The molecule has 1 fully saturated rings. The van der Waals surface area contributed by atoms with E-state index in [1.807, 2.05) is 39.8 Å². The fraction of sp³-hybridized carbons (Fsp3) is 0.400. The van der Waals surface area contributed by atoms with Gasteiger partial charge in [-0.15, -0.1) is 0 Å². The fourth-order valence-corrected chi connectivity index (χ4v) is 3.71. The van der Waals surface area contributed by atoms with Crippen molar-refractivity contribution >= 4 is 29.2 Å². The maximum atomic E-state index is 12.4. The molecule has 0 radical (unpaired) electrons. The summed E-state index contributed by atoms with van der Waals surface area (Å²) in [5.74, 6) is -0.893. The van der Waals surface area contributed by atoms with Gasteiger partial charge in [-0.25, -0.2) is 4.79 Å². The third-order valence-corrected chi connectivity index (χ3v) is 4.94. The summed E-state index contributed by atoms with van der Waals surface area (Å²) in [5.41, 5.74) is 4.89. The van der Waals surface area contributed by atoms with E-state index in [0.29, 0.717) is 22.3 Å². The van der Waals surface area contributed by atoms with Crippen LogP contribution in [0.25, 0.3) is 0 Å². The van der Waals surface area contributed by atoms with Crippen LogP contribution >= 0.6 is 11.6 Å². The molecule has 1 aliphatic rings. The molecular weight excluding hydrogens is 352 g/mol. The van der Waals surface area contributed by atoms with E-state index < -0.39 is 11.9 Å². The molecule has 138 valence electrons. The Morgan fingerprint density at radius 3 is 2.50 bits per heavy atom. The normalized spacial score (nSPS) is 13.6. The van der Waals surface area contributed by atoms with Crippen molar-refractivity contribution < 1.29 is 14.3 Å². The molecule has 0 spiro atoms. The molecule has 1 aromatic carbocycles. The zero-order chi connectivity index (χ0) is 19.0. The third-order valence-electron chi connectivity index (χ3n) is 4.65. The molecule has 0 bridgehead atoms. The molecule has 2 aromatic rings. The van der Waals surface area contributed by atoms with Crippen LogP contribution in [0.3, 0.4) is 0 Å². The quantitative estimate of drug-likeness (QED) is 0.783. The molecule has 1 amide bonds. The molecule has 1 aromatic heterocycles. The Morgan fingerprint density at radius 2 is 1.88 bits per heavy atom. The highest BCUT2D eigenvalue weighted by atomic mass is 35.5. The average molecular weight is 375 g/mol. The van der Waals surface area contributed by atoms with Crippen LogP contribution in [0.15, 0.2) is 18.2 Å². The molecule has 1 aliphatic carbocycles. The first kappa shape index (κ1) is 18.5. The van der Waals surface area contributed by atoms with Crippen molar-refractivity contribution in [3.63, 3.8) is 0 Å². The molecular formula is C20H23ClN2O3. The molecule has 1 N–H and O–H groups in total. The first-order valence-corrected chi connectivity index (χ1v) is 9.08. The van der Waals surface area contributed by atoms with Crippen LogP contribution in [0.2, 0.25) is 5.02 Å². The highest BCUT2D eigenvalue weighted by Crippen LogP contribution is 2.38. The summed E-state index contributed by atoms with van der Waals surface area (Å²) < 4.78 is 7.38. The van der Waals surface area contributed by atoms with Gasteiger partial charge >= 0.3 is 5.97 Å². The van der Waals surface area contributed by atoms with Gasteiger partial charge in [0.2, 0.25) is 0 Å². The average Bonchev–Trinajstić information content (AvgIpc) is 3.34. The van der Waals surface area contributed by atoms with Crippen LogP contribution in [0.4, 0.5) is 5.69 Å². The monoisotopic (exact) mass is 374 g/mol. The SMILES string of the molecule is Cc1cc(C)c(NC(=O)COC(=O)c2cc(C)n(C3CC3)c2C)c(Cl)c1. The van der Waals surface area contributed by atoms with Crippen molar-refractivity contribution in [1.82, 2.24) is 4.57 Å². The second-order valence-corrected chi connectivity index (χ2v) is 7.36. The molecule has 5 nitrogen and oxygen atoms in total. The summed E-state index contributed by atoms with van der Waals surface area (Å²) in [7, 11) is 0. The Labute approximate surface area is 158 Å². The lowest BCUT2D eigenvalue weighted by Crippen LogP contribution is -2.21. The number of nitrogens with one attached hydrogen (secondary N) is 1. The number of esters is 1. The molecule has 26 heavy (non-hydrogen) atoms. The lowest BCUT2D eigenvalue weighted by atomic mass is 10.1. The molecule has 6 heteroatoms. The predicted octanol–water partition coefficient (Wildman–Crippen LogP) is 4.51. The van der Waals surface area contributed by atoms with Gasteiger partial charge in [-0.2, -0.15) is 0 Å². The minimum Gasteiger partial charge on any atom is -0.452 e. The lowest BCUT2D eigenvalue weighted by Gasteiger charge is -2.12. The number of benzene rings is 1. The number of aryl methyl sites for hydroxylation is 3. The minimum absolute atomic E-state index is 0.352. The predicted molar refractivity (Wildman–Crippen MR) is 102 cm³/mol. The topological polar surface area (TPSA) is 60.3 Å². The first-order valence-electron chi connectivity index (χ1n) is 8.70. The maximum absolute atomic E-state index is 12.4.